The van der Waals surface area contributed by atoms with E-state index in [-0.39, 0.29) is 0 Å². The van der Waals surface area contributed by atoms with Gasteiger partial charge in [0, 0.05) is 0 Å². The van der Waals surface area contributed by atoms with Crippen molar-refractivity contribution in [2.45, 2.75) is 66.2 Å². The molecule has 1 fully saturated rings. The molecule has 2 aromatic rings. The van der Waals surface area contributed by atoms with Crippen LogP contribution >= 0.6 is 0 Å². The molecule has 0 amide bonds. The summed E-state index contributed by atoms with van der Waals surface area (Å²) >= 11 is 3.67. The van der Waals surface area contributed by atoms with Crippen LogP contribution in [-0.2, 0) is 31.6 Å². The summed E-state index contributed by atoms with van der Waals surface area (Å²) < 4.78 is 1.22. The van der Waals surface area contributed by atoms with Crippen molar-refractivity contribution in [1.29, 1.82) is 0 Å². The quantitative estimate of drug-likeness (QED) is 0.478. The first kappa shape index (κ1) is 21.3. The maximum atomic E-state index is 3.67. The summed E-state index contributed by atoms with van der Waals surface area (Å²) in [6, 6.07) is 13.6. The second-order valence-electron chi connectivity index (χ2n) is 8.27. The zero-order valence-corrected chi connectivity index (χ0v) is 19.7. The number of rotatable bonds is 6. The molecule has 3 rings (SSSR count). The van der Waals surface area contributed by atoms with Crippen LogP contribution in [0.15, 0.2) is 36.4 Å². The average Bonchev–Trinajstić information content (AvgIpc) is 3.06. The molecule has 0 N–H and O–H groups in total. The molecule has 28 heavy (non-hydrogen) atoms. The summed E-state index contributed by atoms with van der Waals surface area (Å²) in [5.74, 6) is 1.02. The molecule has 0 unspecified atom stereocenters. The van der Waals surface area contributed by atoms with Crippen LogP contribution in [0.1, 0.15) is 75.6 Å². The summed E-state index contributed by atoms with van der Waals surface area (Å²) in [5.41, 5.74) is 8.57. The van der Waals surface area contributed by atoms with Crippen LogP contribution in [0.2, 0.25) is 0 Å². The van der Waals surface area contributed by atoms with E-state index in [2.05, 4.69) is 106 Å². The Morgan fingerprint density at radius 3 is 1.46 bits per heavy atom. The van der Waals surface area contributed by atoms with Crippen molar-refractivity contribution in [3.8, 4) is 0 Å². The standard InChI is InChI=1S/C25H34N2.Pd/c1-7-20-11-9-13-22(18(3)4)24(20)26-15-16-27(17-26)25-21(8-2)12-10-14-23(25)19(5)6;/h9-14,18-19H,7-8,15-16H2,1-6H3;. The zero-order valence-electron chi connectivity index (χ0n) is 18.2. The van der Waals surface area contributed by atoms with E-state index >= 15 is 0 Å². The van der Waals surface area contributed by atoms with Gasteiger partial charge in [-0.1, -0.05) is 0 Å². The topological polar surface area (TPSA) is 6.48 Å². The fourth-order valence-electron chi connectivity index (χ4n) is 4.29. The number of para-hydroxylation sites is 2. The van der Waals surface area contributed by atoms with Crippen molar-refractivity contribution >= 4 is 15.6 Å². The molecule has 2 nitrogen and oxygen atoms in total. The normalized spacial score (nSPS) is 14.7. The molecule has 0 spiro atoms. The predicted molar refractivity (Wildman–Crippen MR) is 120 cm³/mol. The van der Waals surface area contributed by atoms with Crippen LogP contribution in [0.4, 0.5) is 11.4 Å². The van der Waals surface area contributed by atoms with E-state index in [1.54, 1.807) is 0 Å². The molecular formula is C25H34N2Pd. The number of hydrogen-bond acceptors (Lipinski definition) is 2. The van der Waals surface area contributed by atoms with E-state index in [9.17, 15) is 0 Å². The third-order valence-electron chi connectivity index (χ3n) is 5.81. The molecule has 154 valence electrons. The van der Waals surface area contributed by atoms with Gasteiger partial charge in [-0.2, -0.15) is 0 Å². The summed E-state index contributed by atoms with van der Waals surface area (Å²) in [4.78, 5) is 5.01. The zero-order chi connectivity index (χ0) is 20.4. The Kier molecular flexibility index (Phi) is 6.79. The maximum absolute atomic E-state index is 3.67. The fourth-order valence-corrected chi connectivity index (χ4v) is 4.99. The first-order chi connectivity index (χ1) is 13.4. The molecule has 1 heterocycles. The summed E-state index contributed by atoms with van der Waals surface area (Å²) in [6.07, 6.45) is 2.11. The van der Waals surface area contributed by atoms with E-state index in [0.29, 0.717) is 11.8 Å². The predicted octanol–water partition coefficient (Wildman–Crippen LogP) is 6.02. The molecule has 1 saturated heterocycles. The molecule has 3 heteroatoms. The molecule has 0 atom stereocenters. The van der Waals surface area contributed by atoms with Crippen LogP contribution in [0.5, 0.6) is 0 Å². The Labute approximate surface area is 181 Å². The third-order valence-corrected chi connectivity index (χ3v) is 6.65. The van der Waals surface area contributed by atoms with Crippen LogP contribution in [0.3, 0.4) is 0 Å². The van der Waals surface area contributed by atoms with Crippen LogP contribution in [0, 0.1) is 0 Å². The molecule has 2 aromatic carbocycles. The van der Waals surface area contributed by atoms with Gasteiger partial charge in [0.15, 0.2) is 0 Å². The fraction of sp³-hybridized carbons (Fsp3) is 0.480. The molecule has 1 aliphatic heterocycles. The molecule has 0 aromatic heterocycles. The molecule has 0 saturated carbocycles. The van der Waals surface area contributed by atoms with Crippen molar-refractivity contribution in [3.05, 3.63) is 58.7 Å². The van der Waals surface area contributed by atoms with Crippen molar-refractivity contribution in [2.24, 2.45) is 0 Å². The summed E-state index contributed by atoms with van der Waals surface area (Å²) in [6.45, 7) is 15.7. The minimum absolute atomic E-state index is 0.509. The van der Waals surface area contributed by atoms with Crippen molar-refractivity contribution in [1.82, 2.24) is 0 Å². The van der Waals surface area contributed by atoms with Crippen LogP contribution in [-0.4, -0.2) is 17.3 Å². The van der Waals surface area contributed by atoms with Crippen LogP contribution in [0.25, 0.3) is 0 Å². The van der Waals surface area contributed by atoms with E-state index in [0.717, 1.165) is 25.9 Å². The molecular weight excluding hydrogens is 435 g/mol. The number of nitrogens with zero attached hydrogens (tertiary/aromatic N) is 2. The van der Waals surface area contributed by atoms with Gasteiger partial charge in [-0.3, -0.25) is 0 Å². The van der Waals surface area contributed by atoms with Gasteiger partial charge in [-0.15, -0.1) is 0 Å². The van der Waals surface area contributed by atoms with Crippen molar-refractivity contribution in [3.63, 3.8) is 0 Å². The first-order valence-electron chi connectivity index (χ1n) is 10.7. The number of aryl methyl sites for hydroxylation is 2. The molecule has 1 aliphatic rings. The van der Waals surface area contributed by atoms with Gasteiger partial charge in [0.1, 0.15) is 0 Å². The monoisotopic (exact) mass is 468 g/mol. The summed E-state index contributed by atoms with van der Waals surface area (Å²) in [5, 5.41) is 0. The minimum atomic E-state index is 0.509. The van der Waals surface area contributed by atoms with E-state index in [1.807, 2.05) is 0 Å². The van der Waals surface area contributed by atoms with Crippen molar-refractivity contribution in [2.75, 3.05) is 22.9 Å². The SMILES string of the molecule is CCc1cccc(C(C)C)c1N1CCN(c2c(CC)cccc2C(C)C)[C]1=[Pd]. The number of benzene rings is 2. The van der Waals surface area contributed by atoms with Crippen LogP contribution < -0.4 is 9.80 Å². The number of hydrogen-bond donors (Lipinski definition) is 0. The van der Waals surface area contributed by atoms with Gasteiger partial charge in [-0.05, 0) is 0 Å². The van der Waals surface area contributed by atoms with Gasteiger partial charge in [0.2, 0.25) is 0 Å². The Morgan fingerprint density at radius 2 is 1.14 bits per heavy atom. The van der Waals surface area contributed by atoms with E-state index < -0.39 is 0 Å². The van der Waals surface area contributed by atoms with Gasteiger partial charge in [0.05, 0.1) is 0 Å². The van der Waals surface area contributed by atoms with Gasteiger partial charge in [0.25, 0.3) is 0 Å². The second kappa shape index (κ2) is 8.93. The van der Waals surface area contributed by atoms with E-state index in [4.69, 9.17) is 0 Å². The Hall–Kier alpha value is -1.43. The van der Waals surface area contributed by atoms with Gasteiger partial charge in [-0.25, -0.2) is 0 Å². The first-order valence-corrected chi connectivity index (χ1v) is 11.5. The van der Waals surface area contributed by atoms with Crippen molar-refractivity contribution < 1.29 is 18.7 Å². The Morgan fingerprint density at radius 1 is 0.750 bits per heavy atom. The van der Waals surface area contributed by atoms with E-state index in [1.165, 1.54) is 37.9 Å². The Bertz CT molecular complexity index is 784. The van der Waals surface area contributed by atoms with Gasteiger partial charge < -0.3 is 0 Å². The molecule has 0 radical (unpaired) electrons. The Balaban J connectivity index is 2.07. The summed E-state index contributed by atoms with van der Waals surface area (Å²) in [7, 11) is 0. The third kappa shape index (κ3) is 3.85. The average molecular weight is 469 g/mol. The number of anilines is 2. The molecule has 0 aliphatic carbocycles. The second-order valence-corrected chi connectivity index (χ2v) is 8.97. The van der Waals surface area contributed by atoms with Gasteiger partial charge >= 0.3 is 182 Å². The molecule has 0 bridgehead atoms.